The van der Waals surface area contributed by atoms with Gasteiger partial charge in [0.2, 0.25) is 0 Å². The van der Waals surface area contributed by atoms with Crippen molar-refractivity contribution in [3.63, 3.8) is 0 Å². The maximum Gasteiger partial charge on any atom is 0.346 e. The van der Waals surface area contributed by atoms with E-state index in [1.165, 1.54) is 0 Å². The van der Waals surface area contributed by atoms with E-state index in [4.69, 9.17) is 0 Å². The van der Waals surface area contributed by atoms with Gasteiger partial charge in [0.05, 0.1) is 11.1 Å². The van der Waals surface area contributed by atoms with Crippen LogP contribution in [-0.2, 0) is 14.3 Å². The largest absolute Gasteiger partial charge is 0.386 e. The molecule has 0 amide bonds. The minimum absolute atomic E-state index is 0.242. The molecule has 0 radical (unpaired) electrons. The molecule has 3 heteroatoms. The number of allylic oxidation sites excluding steroid dienone is 2. The van der Waals surface area contributed by atoms with Crippen molar-refractivity contribution in [3.05, 3.63) is 35.5 Å². The minimum Gasteiger partial charge on any atom is -0.386 e. The highest BCUT2D eigenvalue weighted by atomic mass is 16.6. The predicted octanol–water partition coefficient (Wildman–Crippen LogP) is 1.13. The molecule has 0 fully saturated rings. The van der Waals surface area contributed by atoms with Crippen LogP contribution in [0, 0.1) is 5.92 Å². The Morgan fingerprint density at radius 1 is 1.08 bits per heavy atom. The lowest BCUT2D eigenvalue weighted by atomic mass is 10.1. The summed E-state index contributed by atoms with van der Waals surface area (Å²) >= 11 is 0. The van der Waals surface area contributed by atoms with Crippen LogP contribution in [0.15, 0.2) is 35.5 Å². The van der Waals surface area contributed by atoms with Crippen LogP contribution in [0.25, 0.3) is 0 Å². The first-order valence-corrected chi connectivity index (χ1v) is 4.05. The number of carbonyl (C=O) groups is 2. The first-order chi connectivity index (χ1) is 6.18. The number of carbonyl (C=O) groups excluding carboxylic acids is 2. The number of rotatable bonds is 0. The van der Waals surface area contributed by atoms with Crippen molar-refractivity contribution in [2.45, 2.75) is 6.92 Å². The molecule has 0 spiro atoms. The zero-order valence-electron chi connectivity index (χ0n) is 7.11. The Labute approximate surface area is 75.4 Å². The van der Waals surface area contributed by atoms with Gasteiger partial charge in [-0.3, -0.25) is 0 Å². The van der Waals surface area contributed by atoms with Crippen molar-refractivity contribution in [3.8, 4) is 0 Å². The first-order valence-electron chi connectivity index (χ1n) is 4.05. The lowest BCUT2D eigenvalue weighted by Crippen LogP contribution is -2.02. The maximum atomic E-state index is 11.1. The van der Waals surface area contributed by atoms with Crippen molar-refractivity contribution < 1.29 is 14.3 Å². The number of ether oxygens (including phenoxy) is 1. The van der Waals surface area contributed by atoms with Gasteiger partial charge < -0.3 is 4.74 Å². The van der Waals surface area contributed by atoms with Crippen LogP contribution in [0.2, 0.25) is 0 Å². The molecule has 0 aromatic rings. The van der Waals surface area contributed by atoms with E-state index < -0.39 is 11.9 Å². The molecule has 0 saturated heterocycles. The van der Waals surface area contributed by atoms with Gasteiger partial charge in [0.1, 0.15) is 0 Å². The second kappa shape index (κ2) is 2.69. The van der Waals surface area contributed by atoms with Gasteiger partial charge in [-0.1, -0.05) is 31.2 Å². The molecule has 2 rings (SSSR count). The van der Waals surface area contributed by atoms with Crippen LogP contribution >= 0.6 is 0 Å². The van der Waals surface area contributed by atoms with Gasteiger partial charge in [-0.25, -0.2) is 9.59 Å². The molecule has 2 aliphatic rings. The standard InChI is InChI=1S/C10H8O3/c1-6-2-4-7-8(5-3-6)10(12)13-9(7)11/h2-6H,1H3. The molecule has 13 heavy (non-hydrogen) atoms. The van der Waals surface area contributed by atoms with Crippen molar-refractivity contribution in [1.82, 2.24) is 0 Å². The van der Waals surface area contributed by atoms with Crippen LogP contribution in [-0.4, -0.2) is 11.9 Å². The Morgan fingerprint density at radius 3 is 2.00 bits per heavy atom. The van der Waals surface area contributed by atoms with Crippen molar-refractivity contribution in [1.29, 1.82) is 0 Å². The summed E-state index contributed by atoms with van der Waals surface area (Å²) in [7, 11) is 0. The molecule has 1 heterocycles. The van der Waals surface area contributed by atoms with Gasteiger partial charge in [0.25, 0.3) is 0 Å². The van der Waals surface area contributed by atoms with E-state index in [2.05, 4.69) is 4.74 Å². The Hall–Kier alpha value is -1.64. The lowest BCUT2D eigenvalue weighted by molar-refractivity contribution is -0.150. The highest BCUT2D eigenvalue weighted by Gasteiger charge is 2.30. The Kier molecular flexibility index (Phi) is 1.65. The van der Waals surface area contributed by atoms with Crippen LogP contribution in [0.4, 0.5) is 0 Å². The Balaban J connectivity index is 2.50. The summed E-state index contributed by atoms with van der Waals surface area (Å²) in [6.45, 7) is 1.98. The van der Waals surface area contributed by atoms with E-state index in [9.17, 15) is 9.59 Å². The summed E-state index contributed by atoms with van der Waals surface area (Å²) in [6, 6.07) is 0. The zero-order chi connectivity index (χ0) is 9.42. The Bertz CT molecular complexity index is 338. The zero-order valence-corrected chi connectivity index (χ0v) is 7.11. The third kappa shape index (κ3) is 1.22. The molecule has 0 aromatic heterocycles. The van der Waals surface area contributed by atoms with E-state index in [1.54, 1.807) is 12.2 Å². The smallest absolute Gasteiger partial charge is 0.346 e. The fraction of sp³-hybridized carbons (Fsp3) is 0.200. The normalized spacial score (nSPS) is 21.9. The molecular weight excluding hydrogens is 168 g/mol. The quantitative estimate of drug-likeness (QED) is 0.410. The lowest BCUT2D eigenvalue weighted by Gasteiger charge is -1.94. The number of hydrogen-bond donors (Lipinski definition) is 0. The van der Waals surface area contributed by atoms with E-state index in [0.717, 1.165) is 0 Å². The number of hydrogen-bond acceptors (Lipinski definition) is 3. The molecule has 0 saturated carbocycles. The number of cyclic esters (lactones) is 2. The predicted molar refractivity (Wildman–Crippen MR) is 45.6 cm³/mol. The average Bonchev–Trinajstić information content (AvgIpc) is 2.27. The molecule has 1 aliphatic heterocycles. The summed E-state index contributed by atoms with van der Waals surface area (Å²) in [6.07, 6.45) is 7.01. The summed E-state index contributed by atoms with van der Waals surface area (Å²) in [5.74, 6) is -0.851. The van der Waals surface area contributed by atoms with E-state index in [-0.39, 0.29) is 5.92 Å². The van der Waals surface area contributed by atoms with Crippen LogP contribution < -0.4 is 0 Å². The summed E-state index contributed by atoms with van der Waals surface area (Å²) in [4.78, 5) is 22.2. The molecule has 0 N–H and O–H groups in total. The minimum atomic E-state index is -0.546. The molecule has 0 aromatic carbocycles. The average molecular weight is 176 g/mol. The van der Waals surface area contributed by atoms with E-state index >= 15 is 0 Å². The van der Waals surface area contributed by atoms with Gasteiger partial charge in [-0.2, -0.15) is 0 Å². The van der Waals surface area contributed by atoms with Crippen molar-refractivity contribution >= 4 is 11.9 Å². The van der Waals surface area contributed by atoms with Crippen molar-refractivity contribution in [2.24, 2.45) is 5.92 Å². The maximum absolute atomic E-state index is 11.1. The van der Waals surface area contributed by atoms with Gasteiger partial charge >= 0.3 is 11.9 Å². The van der Waals surface area contributed by atoms with E-state index in [0.29, 0.717) is 11.1 Å². The fourth-order valence-corrected chi connectivity index (χ4v) is 1.29. The summed E-state index contributed by atoms with van der Waals surface area (Å²) < 4.78 is 4.44. The third-order valence-electron chi connectivity index (χ3n) is 2.05. The SMILES string of the molecule is CC1C=CC2=C(C=C1)C(=O)OC2=O. The fourth-order valence-electron chi connectivity index (χ4n) is 1.29. The molecule has 66 valence electrons. The summed E-state index contributed by atoms with van der Waals surface area (Å²) in [5.41, 5.74) is 0.733. The Morgan fingerprint density at radius 2 is 1.54 bits per heavy atom. The van der Waals surface area contributed by atoms with Gasteiger partial charge in [0.15, 0.2) is 0 Å². The molecular formula is C10H8O3. The van der Waals surface area contributed by atoms with Gasteiger partial charge in [-0.15, -0.1) is 0 Å². The highest BCUT2D eigenvalue weighted by Crippen LogP contribution is 2.23. The second-order valence-electron chi connectivity index (χ2n) is 3.08. The van der Waals surface area contributed by atoms with Gasteiger partial charge in [-0.05, 0) is 5.92 Å². The summed E-state index contributed by atoms with van der Waals surface area (Å²) in [5, 5.41) is 0. The molecule has 0 unspecified atom stereocenters. The monoisotopic (exact) mass is 176 g/mol. The van der Waals surface area contributed by atoms with E-state index in [1.807, 2.05) is 19.1 Å². The molecule has 0 atom stereocenters. The highest BCUT2D eigenvalue weighted by molar-refractivity contribution is 6.15. The van der Waals surface area contributed by atoms with Crippen LogP contribution in [0.5, 0.6) is 0 Å². The number of esters is 2. The topological polar surface area (TPSA) is 43.4 Å². The first kappa shape index (κ1) is 7.98. The molecule has 0 bridgehead atoms. The molecule has 1 aliphatic carbocycles. The van der Waals surface area contributed by atoms with Crippen LogP contribution in [0.1, 0.15) is 6.92 Å². The second-order valence-corrected chi connectivity index (χ2v) is 3.08. The van der Waals surface area contributed by atoms with Crippen molar-refractivity contribution in [2.75, 3.05) is 0 Å². The third-order valence-corrected chi connectivity index (χ3v) is 2.05. The van der Waals surface area contributed by atoms with Crippen LogP contribution in [0.3, 0.4) is 0 Å². The van der Waals surface area contributed by atoms with Gasteiger partial charge in [0, 0.05) is 0 Å². The molecule has 3 nitrogen and oxygen atoms in total.